The molecule has 1 atom stereocenters. The van der Waals surface area contributed by atoms with E-state index >= 15 is 0 Å². The van der Waals surface area contributed by atoms with Gasteiger partial charge in [0.1, 0.15) is 11.6 Å². The second kappa shape index (κ2) is 3.34. The number of hydrogen-bond acceptors (Lipinski definition) is 3. The summed E-state index contributed by atoms with van der Waals surface area (Å²) in [6, 6.07) is 2.39. The number of hydrogen-bond donors (Lipinski definition) is 1. The Kier molecular flexibility index (Phi) is 2.17. The van der Waals surface area contributed by atoms with Gasteiger partial charge in [-0.15, -0.1) is 0 Å². The van der Waals surface area contributed by atoms with Crippen molar-refractivity contribution in [2.75, 3.05) is 11.4 Å². The number of β-amino-alcohol motifs (C(OH)–C–C–N with tert-alkyl or cyclic N) is 1. The Morgan fingerprint density at radius 3 is 3.00 bits per heavy atom. The van der Waals surface area contributed by atoms with Crippen molar-refractivity contribution in [2.45, 2.75) is 12.5 Å². The molecule has 0 aromatic carbocycles. The molecular weight excluding hydrogens is 187 g/mol. The van der Waals surface area contributed by atoms with Crippen LogP contribution < -0.4 is 4.90 Å². The van der Waals surface area contributed by atoms with Gasteiger partial charge in [-0.25, -0.2) is 9.37 Å². The number of aromatic nitrogens is 1. The van der Waals surface area contributed by atoms with Crippen molar-refractivity contribution in [3.05, 3.63) is 24.1 Å². The average molecular weight is 196 g/mol. The number of aliphatic hydroxyl groups is 1. The van der Waals surface area contributed by atoms with E-state index in [1.165, 1.54) is 23.2 Å². The van der Waals surface area contributed by atoms with E-state index in [9.17, 15) is 14.3 Å². The summed E-state index contributed by atoms with van der Waals surface area (Å²) in [5.41, 5.74) is 0. The lowest BCUT2D eigenvalue weighted by Crippen LogP contribution is -2.26. The Bertz CT molecular complexity index is 370. The first-order chi connectivity index (χ1) is 6.66. The lowest BCUT2D eigenvalue weighted by atomic mass is 10.3. The minimum atomic E-state index is -0.674. The molecule has 2 rings (SSSR count). The third-order valence-electron chi connectivity index (χ3n) is 2.09. The normalized spacial score (nSPS) is 21.7. The number of pyridine rings is 1. The minimum absolute atomic E-state index is 0.0815. The third-order valence-corrected chi connectivity index (χ3v) is 2.09. The Labute approximate surface area is 80.0 Å². The number of amides is 1. The zero-order chi connectivity index (χ0) is 10.1. The molecule has 0 bridgehead atoms. The fraction of sp³-hybridized carbons (Fsp3) is 0.333. The van der Waals surface area contributed by atoms with Gasteiger partial charge in [0.15, 0.2) is 0 Å². The van der Waals surface area contributed by atoms with Crippen LogP contribution in [0.1, 0.15) is 6.42 Å². The van der Waals surface area contributed by atoms with Crippen LogP contribution in [-0.4, -0.2) is 28.6 Å². The van der Waals surface area contributed by atoms with Crippen LogP contribution >= 0.6 is 0 Å². The minimum Gasteiger partial charge on any atom is -0.391 e. The molecule has 1 fully saturated rings. The van der Waals surface area contributed by atoms with Crippen LogP contribution in [0.4, 0.5) is 10.2 Å². The monoisotopic (exact) mass is 196 g/mol. The molecule has 0 radical (unpaired) electrons. The first-order valence-electron chi connectivity index (χ1n) is 4.27. The summed E-state index contributed by atoms with van der Waals surface area (Å²) in [6.07, 6.45) is 0.702. The molecule has 0 saturated carbocycles. The molecule has 0 aliphatic carbocycles. The number of nitrogens with zero attached hydrogens (tertiary/aromatic N) is 2. The van der Waals surface area contributed by atoms with E-state index in [1.807, 2.05) is 0 Å². The molecule has 1 unspecified atom stereocenters. The highest BCUT2D eigenvalue weighted by atomic mass is 19.1. The first-order valence-corrected chi connectivity index (χ1v) is 4.27. The zero-order valence-electron chi connectivity index (χ0n) is 7.35. The van der Waals surface area contributed by atoms with Crippen LogP contribution in [0.15, 0.2) is 18.3 Å². The number of carbonyl (C=O) groups is 1. The average Bonchev–Trinajstić information content (AvgIpc) is 2.45. The molecule has 1 aromatic heterocycles. The third kappa shape index (κ3) is 1.58. The molecule has 1 saturated heterocycles. The number of carbonyl (C=O) groups excluding carboxylic acids is 1. The molecule has 1 aliphatic heterocycles. The maximum atomic E-state index is 12.8. The molecule has 2 heterocycles. The molecule has 1 aromatic rings. The molecule has 1 amide bonds. The predicted octanol–water partition coefficient (Wildman–Crippen LogP) is 0.318. The summed E-state index contributed by atoms with van der Waals surface area (Å²) < 4.78 is 12.8. The van der Waals surface area contributed by atoms with Gasteiger partial charge in [0.25, 0.3) is 0 Å². The van der Waals surface area contributed by atoms with Crippen molar-refractivity contribution in [2.24, 2.45) is 0 Å². The largest absolute Gasteiger partial charge is 0.391 e. The Hall–Kier alpha value is -1.49. The van der Waals surface area contributed by atoms with Crippen molar-refractivity contribution < 1.29 is 14.3 Å². The number of halogens is 1. The van der Waals surface area contributed by atoms with E-state index in [4.69, 9.17) is 0 Å². The Balaban J connectivity index is 2.27. The second-order valence-electron chi connectivity index (χ2n) is 3.19. The summed E-state index contributed by atoms with van der Waals surface area (Å²) in [5, 5.41) is 9.22. The Morgan fingerprint density at radius 1 is 1.64 bits per heavy atom. The summed E-state index contributed by atoms with van der Waals surface area (Å²) in [6.45, 7) is 0.190. The van der Waals surface area contributed by atoms with E-state index in [-0.39, 0.29) is 24.7 Å². The maximum absolute atomic E-state index is 12.8. The molecule has 1 aliphatic rings. The molecule has 74 valence electrons. The van der Waals surface area contributed by atoms with Gasteiger partial charge in [-0.2, -0.15) is 0 Å². The SMILES string of the molecule is O=C1CC(O)CN1c1cc(F)ccn1. The summed E-state index contributed by atoms with van der Waals surface area (Å²) in [4.78, 5) is 16.4. The quantitative estimate of drug-likeness (QED) is 0.703. The molecule has 4 nitrogen and oxygen atoms in total. The maximum Gasteiger partial charge on any atom is 0.230 e. The van der Waals surface area contributed by atoms with Crippen LogP contribution in [0.5, 0.6) is 0 Å². The van der Waals surface area contributed by atoms with Crippen molar-refractivity contribution in [3.63, 3.8) is 0 Å². The van der Waals surface area contributed by atoms with Gasteiger partial charge in [-0.1, -0.05) is 0 Å². The topological polar surface area (TPSA) is 53.4 Å². The fourth-order valence-corrected chi connectivity index (χ4v) is 1.45. The van der Waals surface area contributed by atoms with Crippen molar-refractivity contribution >= 4 is 11.7 Å². The van der Waals surface area contributed by atoms with Gasteiger partial charge in [-0.05, 0) is 6.07 Å². The Morgan fingerprint density at radius 2 is 2.43 bits per heavy atom. The summed E-state index contributed by atoms with van der Waals surface area (Å²) in [7, 11) is 0. The van der Waals surface area contributed by atoms with E-state index in [1.54, 1.807) is 0 Å². The highest BCUT2D eigenvalue weighted by Gasteiger charge is 2.29. The van der Waals surface area contributed by atoms with Gasteiger partial charge >= 0.3 is 0 Å². The van der Waals surface area contributed by atoms with Gasteiger partial charge in [0.05, 0.1) is 19.1 Å². The second-order valence-corrected chi connectivity index (χ2v) is 3.19. The lowest BCUT2D eigenvalue weighted by molar-refractivity contribution is -0.117. The van der Waals surface area contributed by atoms with Crippen LogP contribution in [0.25, 0.3) is 0 Å². The molecule has 0 spiro atoms. The van der Waals surface area contributed by atoms with E-state index in [0.717, 1.165) is 0 Å². The first kappa shape index (κ1) is 9.08. The number of anilines is 1. The van der Waals surface area contributed by atoms with Gasteiger partial charge in [0.2, 0.25) is 5.91 Å². The highest BCUT2D eigenvalue weighted by molar-refractivity contribution is 5.95. The van der Waals surface area contributed by atoms with Gasteiger partial charge in [-0.3, -0.25) is 9.69 Å². The zero-order valence-corrected chi connectivity index (χ0v) is 7.35. The highest BCUT2D eigenvalue weighted by Crippen LogP contribution is 2.19. The summed E-state index contributed by atoms with van der Waals surface area (Å²) in [5.74, 6) is -0.411. The van der Waals surface area contributed by atoms with Crippen LogP contribution in [0.3, 0.4) is 0 Å². The van der Waals surface area contributed by atoms with Crippen molar-refractivity contribution in [1.29, 1.82) is 0 Å². The van der Waals surface area contributed by atoms with Gasteiger partial charge < -0.3 is 5.11 Å². The lowest BCUT2D eigenvalue weighted by Gasteiger charge is -2.13. The standard InChI is InChI=1S/C9H9FN2O2/c10-6-1-2-11-8(3-6)12-5-7(13)4-9(12)14/h1-3,7,13H,4-5H2. The van der Waals surface area contributed by atoms with Crippen molar-refractivity contribution in [1.82, 2.24) is 4.98 Å². The molecule has 14 heavy (non-hydrogen) atoms. The van der Waals surface area contributed by atoms with Crippen LogP contribution in [-0.2, 0) is 4.79 Å². The van der Waals surface area contributed by atoms with E-state index in [0.29, 0.717) is 0 Å². The van der Waals surface area contributed by atoms with Crippen molar-refractivity contribution in [3.8, 4) is 0 Å². The van der Waals surface area contributed by atoms with E-state index < -0.39 is 11.9 Å². The fourth-order valence-electron chi connectivity index (χ4n) is 1.45. The smallest absolute Gasteiger partial charge is 0.230 e. The van der Waals surface area contributed by atoms with Gasteiger partial charge in [0, 0.05) is 12.3 Å². The molecule has 5 heteroatoms. The molecule has 1 N–H and O–H groups in total. The number of aliphatic hydroxyl groups excluding tert-OH is 1. The van der Waals surface area contributed by atoms with Crippen LogP contribution in [0.2, 0.25) is 0 Å². The van der Waals surface area contributed by atoms with E-state index in [2.05, 4.69) is 4.98 Å². The predicted molar refractivity (Wildman–Crippen MR) is 47.2 cm³/mol. The van der Waals surface area contributed by atoms with Crippen LogP contribution in [0, 0.1) is 5.82 Å². The molecular formula is C9H9FN2O2. The number of rotatable bonds is 1. The summed E-state index contributed by atoms with van der Waals surface area (Å²) >= 11 is 0.